The SMILES string of the molecule is CCCC1CCC(c2ccc(/C(F)=C(\F)c3ccc(C4OCC(F)(CCC)CO4)cc3F)cc2F)CO1. The Bertz CT molecular complexity index is 1100. The van der Waals surface area contributed by atoms with Gasteiger partial charge in [-0.25, -0.2) is 22.0 Å². The van der Waals surface area contributed by atoms with Gasteiger partial charge < -0.3 is 14.2 Å². The number of halogens is 5. The summed E-state index contributed by atoms with van der Waals surface area (Å²) in [7, 11) is 0. The van der Waals surface area contributed by atoms with Crippen molar-refractivity contribution in [3.63, 3.8) is 0 Å². The molecule has 0 radical (unpaired) electrons. The van der Waals surface area contributed by atoms with Crippen molar-refractivity contribution in [1.29, 1.82) is 0 Å². The van der Waals surface area contributed by atoms with Crippen molar-refractivity contribution in [2.24, 2.45) is 0 Å². The van der Waals surface area contributed by atoms with Crippen LogP contribution in [0.5, 0.6) is 0 Å². The van der Waals surface area contributed by atoms with Crippen LogP contribution in [-0.4, -0.2) is 31.6 Å². The van der Waals surface area contributed by atoms with Gasteiger partial charge in [0.25, 0.3) is 0 Å². The van der Waals surface area contributed by atoms with Crippen molar-refractivity contribution in [2.45, 2.75) is 76.4 Å². The molecule has 0 amide bonds. The molecule has 2 aliphatic heterocycles. The van der Waals surface area contributed by atoms with Crippen molar-refractivity contribution < 1.29 is 36.2 Å². The average molecular weight is 525 g/mol. The Balaban J connectivity index is 1.47. The highest BCUT2D eigenvalue weighted by atomic mass is 19.2. The van der Waals surface area contributed by atoms with E-state index in [-0.39, 0.29) is 42.8 Å². The Morgan fingerprint density at radius 2 is 1.65 bits per heavy atom. The highest BCUT2D eigenvalue weighted by molar-refractivity contribution is 5.83. The normalized spacial score (nSPS) is 27.2. The minimum absolute atomic E-state index is 0.155. The molecule has 2 heterocycles. The summed E-state index contributed by atoms with van der Waals surface area (Å²) >= 11 is 0. The molecule has 4 rings (SSSR count). The summed E-state index contributed by atoms with van der Waals surface area (Å²) in [6.45, 7) is 3.90. The molecule has 2 saturated heterocycles. The van der Waals surface area contributed by atoms with Gasteiger partial charge in [0.2, 0.25) is 0 Å². The van der Waals surface area contributed by atoms with Gasteiger partial charge in [-0.2, -0.15) is 0 Å². The topological polar surface area (TPSA) is 27.7 Å². The summed E-state index contributed by atoms with van der Waals surface area (Å²) in [5.41, 5.74) is -1.92. The average Bonchev–Trinajstić information content (AvgIpc) is 2.89. The molecule has 0 N–H and O–H groups in total. The summed E-state index contributed by atoms with van der Waals surface area (Å²) in [6, 6.07) is 7.02. The molecule has 2 aromatic rings. The van der Waals surface area contributed by atoms with E-state index in [1.807, 2.05) is 6.92 Å². The van der Waals surface area contributed by atoms with E-state index in [2.05, 4.69) is 6.92 Å². The van der Waals surface area contributed by atoms with Crippen LogP contribution in [0.2, 0.25) is 0 Å². The zero-order chi connectivity index (χ0) is 26.6. The van der Waals surface area contributed by atoms with Crippen LogP contribution in [-0.2, 0) is 14.2 Å². The van der Waals surface area contributed by atoms with E-state index >= 15 is 0 Å². The van der Waals surface area contributed by atoms with Gasteiger partial charge in [-0.05, 0) is 49.4 Å². The van der Waals surface area contributed by atoms with Crippen molar-refractivity contribution in [3.8, 4) is 0 Å². The third kappa shape index (κ3) is 6.41. The number of alkyl halides is 1. The molecule has 3 nitrogen and oxygen atoms in total. The van der Waals surface area contributed by atoms with E-state index < -0.39 is 40.8 Å². The second-order valence-corrected chi connectivity index (χ2v) is 9.98. The minimum Gasteiger partial charge on any atom is -0.378 e. The molecule has 2 unspecified atom stereocenters. The second kappa shape index (κ2) is 12.0. The van der Waals surface area contributed by atoms with E-state index in [0.717, 1.165) is 43.9 Å². The lowest BCUT2D eigenvalue weighted by Crippen LogP contribution is -2.41. The van der Waals surface area contributed by atoms with Crippen molar-refractivity contribution >= 4 is 11.7 Å². The van der Waals surface area contributed by atoms with Crippen LogP contribution >= 0.6 is 0 Å². The van der Waals surface area contributed by atoms with Gasteiger partial charge in [0.1, 0.15) is 11.6 Å². The molecule has 2 atom stereocenters. The first-order valence-electron chi connectivity index (χ1n) is 12.9. The summed E-state index contributed by atoms with van der Waals surface area (Å²) < 4.78 is 90.6. The molecule has 2 aliphatic rings. The minimum atomic E-state index is -1.60. The van der Waals surface area contributed by atoms with Crippen LogP contribution in [0.3, 0.4) is 0 Å². The summed E-state index contributed by atoms with van der Waals surface area (Å²) in [6.07, 6.45) is 3.61. The number of hydrogen-bond acceptors (Lipinski definition) is 3. The van der Waals surface area contributed by atoms with Crippen molar-refractivity contribution in [2.75, 3.05) is 19.8 Å². The standard InChI is InChI=1S/C29H33F5O3/c1-3-5-21-9-6-20(15-35-21)22-10-7-18(13-24(22)30)26(32)27(33)23-11-8-19(14-25(23)31)28-36-16-29(34,12-4-2)17-37-28/h7-8,10-11,13-14,20-21,28H,3-6,9,12,15-17H2,1-2H3/b27-26+. The van der Waals surface area contributed by atoms with Crippen molar-refractivity contribution in [1.82, 2.24) is 0 Å². The Morgan fingerprint density at radius 1 is 0.892 bits per heavy atom. The Hall–Kier alpha value is -2.29. The molecule has 2 fully saturated rings. The third-order valence-corrected chi connectivity index (χ3v) is 7.05. The lowest BCUT2D eigenvalue weighted by molar-refractivity contribution is -0.239. The zero-order valence-corrected chi connectivity index (χ0v) is 21.2. The number of rotatable bonds is 8. The molecule has 0 aliphatic carbocycles. The molecule has 2 aromatic carbocycles. The van der Waals surface area contributed by atoms with Gasteiger partial charge in [0.05, 0.1) is 25.9 Å². The molecule has 0 spiro atoms. The first kappa shape index (κ1) is 27.7. The van der Waals surface area contributed by atoms with Crippen molar-refractivity contribution in [3.05, 3.63) is 70.3 Å². The largest absolute Gasteiger partial charge is 0.378 e. The van der Waals surface area contributed by atoms with Gasteiger partial charge in [-0.3, -0.25) is 0 Å². The van der Waals surface area contributed by atoms with Gasteiger partial charge in [-0.1, -0.05) is 44.9 Å². The van der Waals surface area contributed by atoms with E-state index in [1.54, 1.807) is 0 Å². The van der Waals surface area contributed by atoms with E-state index in [9.17, 15) is 22.0 Å². The molecule has 0 bridgehead atoms. The summed E-state index contributed by atoms with van der Waals surface area (Å²) in [5, 5.41) is 0. The summed E-state index contributed by atoms with van der Waals surface area (Å²) in [5.74, 6) is -4.67. The number of hydrogen-bond donors (Lipinski definition) is 0. The smallest absolute Gasteiger partial charge is 0.184 e. The number of benzene rings is 2. The quantitative estimate of drug-likeness (QED) is 0.257. The third-order valence-electron chi connectivity index (χ3n) is 7.05. The fraction of sp³-hybridized carbons (Fsp3) is 0.517. The van der Waals surface area contributed by atoms with E-state index in [0.29, 0.717) is 18.6 Å². The Kier molecular flexibility index (Phi) is 9.03. The lowest BCUT2D eigenvalue weighted by atomic mass is 9.89. The van der Waals surface area contributed by atoms with Gasteiger partial charge in [0.15, 0.2) is 23.6 Å². The summed E-state index contributed by atoms with van der Waals surface area (Å²) in [4.78, 5) is 0. The molecular formula is C29H33F5O3. The maximum atomic E-state index is 15.0. The second-order valence-electron chi connectivity index (χ2n) is 9.98. The van der Waals surface area contributed by atoms with Crippen LogP contribution in [0.4, 0.5) is 22.0 Å². The highest BCUT2D eigenvalue weighted by Crippen LogP contribution is 2.37. The Morgan fingerprint density at radius 3 is 2.24 bits per heavy atom. The van der Waals surface area contributed by atoms with E-state index in [4.69, 9.17) is 14.2 Å². The van der Waals surface area contributed by atoms with Gasteiger partial charge in [0, 0.05) is 22.6 Å². The Labute approximate surface area is 214 Å². The van der Waals surface area contributed by atoms with Crippen LogP contribution in [0, 0.1) is 11.6 Å². The van der Waals surface area contributed by atoms with Gasteiger partial charge in [-0.15, -0.1) is 0 Å². The predicted molar refractivity (Wildman–Crippen MR) is 132 cm³/mol. The molecule has 37 heavy (non-hydrogen) atoms. The van der Waals surface area contributed by atoms with Crippen LogP contribution in [0.25, 0.3) is 11.7 Å². The molecular weight excluding hydrogens is 491 g/mol. The van der Waals surface area contributed by atoms with Crippen LogP contribution < -0.4 is 0 Å². The zero-order valence-electron chi connectivity index (χ0n) is 21.2. The first-order valence-corrected chi connectivity index (χ1v) is 12.9. The monoisotopic (exact) mass is 524 g/mol. The molecule has 0 aromatic heterocycles. The molecule has 202 valence electrons. The fourth-order valence-electron chi connectivity index (χ4n) is 5.02. The van der Waals surface area contributed by atoms with Gasteiger partial charge >= 0.3 is 0 Å². The molecule has 0 saturated carbocycles. The first-order chi connectivity index (χ1) is 17.7. The predicted octanol–water partition coefficient (Wildman–Crippen LogP) is 8.35. The van der Waals surface area contributed by atoms with Crippen LogP contribution in [0.1, 0.15) is 86.8 Å². The van der Waals surface area contributed by atoms with E-state index in [1.165, 1.54) is 18.2 Å². The fourth-order valence-corrected chi connectivity index (χ4v) is 5.02. The van der Waals surface area contributed by atoms with Crippen LogP contribution in [0.15, 0.2) is 36.4 Å². The molecule has 8 heteroatoms. The maximum Gasteiger partial charge on any atom is 0.184 e. The lowest BCUT2D eigenvalue weighted by Gasteiger charge is -2.34. The highest BCUT2D eigenvalue weighted by Gasteiger charge is 2.37. The maximum absolute atomic E-state index is 15.0. The number of ether oxygens (including phenoxy) is 3.